The highest BCUT2D eigenvalue weighted by Crippen LogP contribution is 2.35. The Bertz CT molecular complexity index is 883. The van der Waals surface area contributed by atoms with E-state index in [0.29, 0.717) is 16.5 Å². The summed E-state index contributed by atoms with van der Waals surface area (Å²) in [4.78, 5) is 12.1. The Morgan fingerprint density at radius 1 is 1.00 bits per heavy atom. The molecule has 1 aromatic heterocycles. The third-order valence-corrected chi connectivity index (χ3v) is 3.40. The molecule has 0 radical (unpaired) electrons. The van der Waals surface area contributed by atoms with Crippen LogP contribution in [0, 0.1) is 0 Å². The summed E-state index contributed by atoms with van der Waals surface area (Å²) in [6.45, 7) is 0. The van der Waals surface area contributed by atoms with Crippen LogP contribution in [-0.4, -0.2) is 20.7 Å². The Hall–Kier alpha value is -3.15. The zero-order valence-electron chi connectivity index (χ0n) is 11.8. The molecule has 6 nitrogen and oxygen atoms in total. The fourth-order valence-corrected chi connectivity index (χ4v) is 2.17. The smallest absolute Gasteiger partial charge is 0.295 e. The largest absolute Gasteiger partial charge is 0.494 e. The minimum absolute atomic E-state index is 0.0580. The molecule has 22 heavy (non-hydrogen) atoms. The minimum Gasteiger partial charge on any atom is -0.494 e. The van der Waals surface area contributed by atoms with Gasteiger partial charge in [0.05, 0.1) is 5.69 Å². The predicted molar refractivity (Wildman–Crippen MR) is 81.5 cm³/mol. The summed E-state index contributed by atoms with van der Waals surface area (Å²) in [5.74, 6) is -0.687. The highest BCUT2D eigenvalue weighted by Gasteiger charge is 2.15. The topological polar surface area (TPSA) is 87.2 Å². The van der Waals surface area contributed by atoms with E-state index in [2.05, 4.69) is 10.2 Å². The molecule has 0 aliphatic carbocycles. The van der Waals surface area contributed by atoms with Crippen molar-refractivity contribution in [1.29, 1.82) is 0 Å². The van der Waals surface area contributed by atoms with E-state index in [4.69, 9.17) is 0 Å². The van der Waals surface area contributed by atoms with Gasteiger partial charge in [-0.25, -0.2) is 0 Å². The van der Waals surface area contributed by atoms with E-state index in [-0.39, 0.29) is 17.3 Å². The summed E-state index contributed by atoms with van der Waals surface area (Å²) in [5.41, 5.74) is 0.866. The van der Waals surface area contributed by atoms with Gasteiger partial charge in [-0.15, -0.1) is 10.2 Å². The lowest BCUT2D eigenvalue weighted by Gasteiger charge is -1.96. The van der Waals surface area contributed by atoms with Crippen LogP contribution in [0.25, 0.3) is 10.8 Å². The van der Waals surface area contributed by atoms with Crippen molar-refractivity contribution in [2.45, 2.75) is 0 Å². The summed E-state index contributed by atoms with van der Waals surface area (Å²) in [6.07, 6.45) is 0. The lowest BCUT2D eigenvalue weighted by atomic mass is 10.1. The third kappa shape index (κ3) is 2.31. The number of nitrogens with zero attached hydrogens (tertiary/aromatic N) is 3. The van der Waals surface area contributed by atoms with Crippen molar-refractivity contribution in [2.24, 2.45) is 17.3 Å². The van der Waals surface area contributed by atoms with Crippen LogP contribution >= 0.6 is 0 Å². The maximum atomic E-state index is 12.1. The molecular weight excluding hydrogens is 282 g/mol. The van der Waals surface area contributed by atoms with Crippen molar-refractivity contribution >= 4 is 22.4 Å². The predicted octanol–water partition coefficient (Wildman–Crippen LogP) is 3.51. The zero-order valence-corrected chi connectivity index (χ0v) is 11.8. The van der Waals surface area contributed by atoms with Crippen LogP contribution in [-0.2, 0) is 7.05 Å². The Labute approximate surface area is 126 Å². The van der Waals surface area contributed by atoms with E-state index >= 15 is 0 Å². The molecule has 2 N–H and O–H groups in total. The van der Waals surface area contributed by atoms with Crippen molar-refractivity contribution in [3.05, 3.63) is 54.1 Å². The average Bonchev–Trinajstić information content (AvgIpc) is 2.78. The third-order valence-electron chi connectivity index (χ3n) is 3.40. The standard InChI is InChI=1S/C16H13N3O3/c1-19-15(21)12-8-7-10(9-13(12)16(19)22)14(20)18-17-11-5-3-2-4-6-11/h2-9,21-22H,1H3. The van der Waals surface area contributed by atoms with Crippen molar-refractivity contribution in [3.63, 3.8) is 0 Å². The summed E-state index contributed by atoms with van der Waals surface area (Å²) in [6, 6.07) is 13.5. The van der Waals surface area contributed by atoms with Gasteiger partial charge in [0.2, 0.25) is 11.8 Å². The number of rotatable bonds is 2. The van der Waals surface area contributed by atoms with Crippen LogP contribution in [0.15, 0.2) is 58.8 Å². The molecule has 0 spiro atoms. The molecule has 0 unspecified atom stereocenters. The molecule has 0 aliphatic heterocycles. The molecule has 3 aromatic rings. The van der Waals surface area contributed by atoms with E-state index in [1.54, 1.807) is 30.3 Å². The summed E-state index contributed by atoms with van der Waals surface area (Å²) < 4.78 is 1.24. The molecule has 2 aromatic carbocycles. The molecule has 1 amide bonds. The van der Waals surface area contributed by atoms with E-state index in [0.717, 1.165) is 0 Å². The Balaban J connectivity index is 1.95. The number of hydrogen-bond donors (Lipinski definition) is 2. The van der Waals surface area contributed by atoms with Gasteiger partial charge < -0.3 is 10.2 Å². The maximum Gasteiger partial charge on any atom is 0.295 e. The second-order valence-corrected chi connectivity index (χ2v) is 4.81. The van der Waals surface area contributed by atoms with E-state index in [1.807, 2.05) is 6.07 Å². The van der Waals surface area contributed by atoms with E-state index in [1.165, 1.54) is 23.7 Å². The van der Waals surface area contributed by atoms with Crippen LogP contribution in [0.2, 0.25) is 0 Å². The number of benzene rings is 2. The summed E-state index contributed by atoms with van der Waals surface area (Å²) in [7, 11) is 1.53. The molecule has 0 bridgehead atoms. The molecular formula is C16H13N3O3. The molecule has 6 heteroatoms. The molecule has 1 heterocycles. The monoisotopic (exact) mass is 295 g/mol. The van der Waals surface area contributed by atoms with Crippen LogP contribution in [0.5, 0.6) is 11.8 Å². The van der Waals surface area contributed by atoms with Gasteiger partial charge in [-0.1, -0.05) is 18.2 Å². The zero-order chi connectivity index (χ0) is 15.7. The van der Waals surface area contributed by atoms with Gasteiger partial charge in [-0.2, -0.15) is 0 Å². The number of hydrogen-bond acceptors (Lipinski definition) is 4. The van der Waals surface area contributed by atoms with E-state index < -0.39 is 5.91 Å². The fourth-order valence-electron chi connectivity index (χ4n) is 2.17. The highest BCUT2D eigenvalue weighted by atomic mass is 16.3. The first kappa shape index (κ1) is 13.8. The second-order valence-electron chi connectivity index (χ2n) is 4.81. The molecule has 3 rings (SSSR count). The normalized spacial score (nSPS) is 11.3. The quantitative estimate of drug-likeness (QED) is 0.709. The van der Waals surface area contributed by atoms with Gasteiger partial charge in [-0.05, 0) is 30.3 Å². The Morgan fingerprint density at radius 3 is 2.41 bits per heavy atom. The number of carbonyl (C=O) groups is 1. The van der Waals surface area contributed by atoms with Crippen molar-refractivity contribution in [2.75, 3.05) is 0 Å². The van der Waals surface area contributed by atoms with Crippen LogP contribution in [0.4, 0.5) is 5.69 Å². The first-order valence-electron chi connectivity index (χ1n) is 6.59. The van der Waals surface area contributed by atoms with E-state index in [9.17, 15) is 15.0 Å². The van der Waals surface area contributed by atoms with Gasteiger partial charge >= 0.3 is 0 Å². The molecule has 0 saturated carbocycles. The number of aromatic hydroxyl groups is 2. The first-order valence-corrected chi connectivity index (χ1v) is 6.59. The molecule has 0 fully saturated rings. The highest BCUT2D eigenvalue weighted by molar-refractivity contribution is 6.01. The van der Waals surface area contributed by atoms with Crippen LogP contribution in [0.3, 0.4) is 0 Å². The average molecular weight is 295 g/mol. The van der Waals surface area contributed by atoms with Gasteiger partial charge in [0.1, 0.15) is 0 Å². The lowest BCUT2D eigenvalue weighted by Crippen LogP contribution is -1.92. The van der Waals surface area contributed by atoms with Gasteiger partial charge in [0, 0.05) is 23.4 Å². The van der Waals surface area contributed by atoms with Crippen LogP contribution < -0.4 is 0 Å². The summed E-state index contributed by atoms with van der Waals surface area (Å²) in [5, 5.41) is 28.2. The van der Waals surface area contributed by atoms with Crippen molar-refractivity contribution in [3.8, 4) is 11.8 Å². The van der Waals surface area contributed by atoms with Gasteiger partial charge in [0.25, 0.3) is 5.91 Å². The number of aromatic nitrogens is 1. The minimum atomic E-state index is -0.520. The Kier molecular flexibility index (Phi) is 3.34. The number of amides is 1. The van der Waals surface area contributed by atoms with Crippen molar-refractivity contribution in [1.82, 2.24) is 4.57 Å². The second kappa shape index (κ2) is 5.33. The number of fused-ring (bicyclic) bond motifs is 1. The Morgan fingerprint density at radius 2 is 1.68 bits per heavy atom. The number of azo groups is 1. The molecule has 0 aliphatic rings. The molecule has 0 atom stereocenters. The maximum absolute atomic E-state index is 12.1. The first-order chi connectivity index (χ1) is 10.6. The SMILES string of the molecule is Cn1c(O)c2ccc(C(=O)N=Nc3ccccc3)cc2c1O. The fraction of sp³-hybridized carbons (Fsp3) is 0.0625. The van der Waals surface area contributed by atoms with Crippen molar-refractivity contribution < 1.29 is 15.0 Å². The van der Waals surface area contributed by atoms with Gasteiger partial charge in [-0.3, -0.25) is 9.36 Å². The molecule has 110 valence electrons. The molecule has 0 saturated heterocycles. The van der Waals surface area contributed by atoms with Gasteiger partial charge in [0.15, 0.2) is 0 Å². The number of carbonyl (C=O) groups excluding carboxylic acids is 1. The summed E-state index contributed by atoms with van der Waals surface area (Å²) >= 11 is 0. The van der Waals surface area contributed by atoms with Crippen LogP contribution in [0.1, 0.15) is 10.4 Å². The lowest BCUT2D eigenvalue weighted by molar-refractivity contribution is 0.0995.